The van der Waals surface area contributed by atoms with Gasteiger partial charge in [-0.25, -0.2) is 0 Å². The second kappa shape index (κ2) is 8.33. The molecule has 0 bridgehead atoms. The first-order valence-corrected chi connectivity index (χ1v) is 9.16. The molecule has 0 radical (unpaired) electrons. The predicted molar refractivity (Wildman–Crippen MR) is 99.6 cm³/mol. The van der Waals surface area contributed by atoms with Crippen LogP contribution in [0, 0.1) is 13.8 Å². The summed E-state index contributed by atoms with van der Waals surface area (Å²) < 4.78 is 16.4. The lowest BCUT2D eigenvalue weighted by Gasteiger charge is -2.22. The molecule has 1 amide bonds. The Morgan fingerprint density at radius 2 is 2.04 bits per heavy atom. The third-order valence-electron chi connectivity index (χ3n) is 4.78. The number of rotatable bonds is 9. The molecular weight excluding hydrogens is 364 g/mol. The molecule has 1 aromatic heterocycles. The largest absolute Gasteiger partial charge is 0.493 e. The monoisotopic (exact) mass is 388 g/mol. The van der Waals surface area contributed by atoms with E-state index in [0.29, 0.717) is 22.8 Å². The number of carboxylic acid groups (broad SMARTS) is 1. The Morgan fingerprint density at radius 1 is 1.29 bits per heavy atom. The smallest absolute Gasteiger partial charge is 0.305 e. The van der Waals surface area contributed by atoms with Gasteiger partial charge >= 0.3 is 5.97 Å². The SMILES string of the molecule is COc1cc(C(=O)N(CCC(=O)O)C2CC2)ccc1OCc1c(C)noc1C. The summed E-state index contributed by atoms with van der Waals surface area (Å²) in [5.41, 5.74) is 2.08. The van der Waals surface area contributed by atoms with E-state index in [0.717, 1.165) is 24.1 Å². The van der Waals surface area contributed by atoms with Gasteiger partial charge in [-0.15, -0.1) is 0 Å². The summed E-state index contributed by atoms with van der Waals surface area (Å²) in [5, 5.41) is 12.8. The highest BCUT2D eigenvalue weighted by molar-refractivity contribution is 5.95. The molecule has 0 aliphatic heterocycles. The molecule has 0 saturated heterocycles. The van der Waals surface area contributed by atoms with Gasteiger partial charge in [0.05, 0.1) is 24.8 Å². The lowest BCUT2D eigenvalue weighted by Crippen LogP contribution is -2.35. The van der Waals surface area contributed by atoms with Crippen molar-refractivity contribution in [2.75, 3.05) is 13.7 Å². The Bertz CT molecular complexity index is 852. The number of hydrogen-bond donors (Lipinski definition) is 1. The van der Waals surface area contributed by atoms with Crippen LogP contribution in [0.2, 0.25) is 0 Å². The van der Waals surface area contributed by atoms with Gasteiger partial charge in [-0.1, -0.05) is 5.16 Å². The van der Waals surface area contributed by atoms with Crippen molar-refractivity contribution in [1.82, 2.24) is 10.1 Å². The normalized spacial score (nSPS) is 13.2. The number of aryl methyl sites for hydroxylation is 2. The van der Waals surface area contributed by atoms with Crippen LogP contribution in [0.3, 0.4) is 0 Å². The minimum Gasteiger partial charge on any atom is -0.493 e. The number of carbonyl (C=O) groups excluding carboxylic acids is 1. The van der Waals surface area contributed by atoms with Crippen LogP contribution >= 0.6 is 0 Å². The summed E-state index contributed by atoms with van der Waals surface area (Å²) in [6.07, 6.45) is 1.74. The summed E-state index contributed by atoms with van der Waals surface area (Å²) in [7, 11) is 1.51. The van der Waals surface area contributed by atoms with Crippen LogP contribution in [-0.4, -0.2) is 46.7 Å². The summed E-state index contributed by atoms with van der Waals surface area (Å²) in [6.45, 7) is 4.14. The molecule has 0 atom stereocenters. The van der Waals surface area contributed by atoms with E-state index in [2.05, 4.69) is 5.16 Å². The summed E-state index contributed by atoms with van der Waals surface area (Å²) in [5.74, 6) is 0.523. The summed E-state index contributed by atoms with van der Waals surface area (Å²) in [4.78, 5) is 25.4. The van der Waals surface area contributed by atoms with Crippen molar-refractivity contribution in [3.8, 4) is 11.5 Å². The zero-order chi connectivity index (χ0) is 20.3. The van der Waals surface area contributed by atoms with Gasteiger partial charge in [-0.3, -0.25) is 9.59 Å². The number of carbonyl (C=O) groups is 2. The number of hydrogen-bond acceptors (Lipinski definition) is 6. The number of aliphatic carboxylic acids is 1. The molecule has 0 unspecified atom stereocenters. The number of ether oxygens (including phenoxy) is 2. The van der Waals surface area contributed by atoms with E-state index in [4.69, 9.17) is 19.1 Å². The van der Waals surface area contributed by atoms with Crippen LogP contribution < -0.4 is 9.47 Å². The van der Waals surface area contributed by atoms with Gasteiger partial charge in [0.25, 0.3) is 5.91 Å². The van der Waals surface area contributed by atoms with E-state index in [1.165, 1.54) is 7.11 Å². The first-order valence-electron chi connectivity index (χ1n) is 9.16. The fourth-order valence-corrected chi connectivity index (χ4v) is 3.00. The first kappa shape index (κ1) is 19.7. The van der Waals surface area contributed by atoms with Crippen molar-refractivity contribution in [2.24, 2.45) is 0 Å². The van der Waals surface area contributed by atoms with E-state index < -0.39 is 5.97 Å². The van der Waals surface area contributed by atoms with Crippen LogP contribution in [0.5, 0.6) is 11.5 Å². The zero-order valence-corrected chi connectivity index (χ0v) is 16.2. The highest BCUT2D eigenvalue weighted by Crippen LogP contribution is 2.32. The quantitative estimate of drug-likeness (QED) is 0.704. The molecule has 3 rings (SSSR count). The molecule has 28 heavy (non-hydrogen) atoms. The molecule has 1 aliphatic rings. The van der Waals surface area contributed by atoms with Gasteiger partial charge in [0.15, 0.2) is 11.5 Å². The van der Waals surface area contributed by atoms with E-state index in [-0.39, 0.29) is 31.5 Å². The Hall–Kier alpha value is -3.03. The van der Waals surface area contributed by atoms with E-state index in [1.54, 1.807) is 23.1 Å². The average Bonchev–Trinajstić information content (AvgIpc) is 3.46. The van der Waals surface area contributed by atoms with Gasteiger partial charge in [0.1, 0.15) is 12.4 Å². The van der Waals surface area contributed by atoms with Crippen LogP contribution in [0.4, 0.5) is 0 Å². The molecule has 1 N–H and O–H groups in total. The van der Waals surface area contributed by atoms with E-state index in [9.17, 15) is 9.59 Å². The predicted octanol–water partition coefficient (Wildman–Crippen LogP) is 2.96. The number of nitrogens with zero attached hydrogens (tertiary/aromatic N) is 2. The number of amides is 1. The summed E-state index contributed by atoms with van der Waals surface area (Å²) >= 11 is 0. The Labute approximate surface area is 163 Å². The fourth-order valence-electron chi connectivity index (χ4n) is 3.00. The minimum absolute atomic E-state index is 0.0714. The zero-order valence-electron chi connectivity index (χ0n) is 16.2. The van der Waals surface area contributed by atoms with Gasteiger partial charge in [-0.2, -0.15) is 0 Å². The Balaban J connectivity index is 1.74. The molecule has 150 valence electrons. The van der Waals surface area contributed by atoms with Crippen molar-refractivity contribution in [2.45, 2.75) is 45.8 Å². The lowest BCUT2D eigenvalue weighted by atomic mass is 10.1. The standard InChI is InChI=1S/C20H24N2O6/c1-12-16(13(2)28-21-12)11-27-17-7-4-14(10-18(17)26-3)20(25)22(15-5-6-15)9-8-19(23)24/h4,7,10,15H,5-6,8-9,11H2,1-3H3,(H,23,24). The lowest BCUT2D eigenvalue weighted by molar-refractivity contribution is -0.137. The Morgan fingerprint density at radius 3 is 2.61 bits per heavy atom. The molecule has 1 aromatic carbocycles. The van der Waals surface area contributed by atoms with Crippen molar-refractivity contribution in [3.63, 3.8) is 0 Å². The molecule has 1 heterocycles. The Kier molecular flexibility index (Phi) is 5.87. The number of aromatic nitrogens is 1. The highest BCUT2D eigenvalue weighted by Gasteiger charge is 2.33. The molecule has 8 heteroatoms. The molecule has 1 saturated carbocycles. The molecular formula is C20H24N2O6. The second-order valence-electron chi connectivity index (χ2n) is 6.83. The topological polar surface area (TPSA) is 102 Å². The molecule has 8 nitrogen and oxygen atoms in total. The first-order chi connectivity index (χ1) is 13.4. The maximum Gasteiger partial charge on any atom is 0.305 e. The molecule has 0 spiro atoms. The van der Waals surface area contributed by atoms with Crippen molar-refractivity contribution in [3.05, 3.63) is 40.8 Å². The van der Waals surface area contributed by atoms with Crippen molar-refractivity contribution < 1.29 is 28.7 Å². The number of benzene rings is 1. The summed E-state index contributed by atoms with van der Waals surface area (Å²) in [6, 6.07) is 5.10. The third-order valence-corrected chi connectivity index (χ3v) is 4.78. The van der Waals surface area contributed by atoms with Gasteiger partial charge in [-0.05, 0) is 44.9 Å². The maximum atomic E-state index is 12.9. The van der Waals surface area contributed by atoms with Gasteiger partial charge < -0.3 is 24.0 Å². The third kappa shape index (κ3) is 4.44. The van der Waals surface area contributed by atoms with Crippen molar-refractivity contribution >= 4 is 11.9 Å². The van der Waals surface area contributed by atoms with Crippen LogP contribution in [-0.2, 0) is 11.4 Å². The van der Waals surface area contributed by atoms with Crippen molar-refractivity contribution in [1.29, 1.82) is 0 Å². The molecule has 2 aromatic rings. The molecule has 1 fully saturated rings. The maximum absolute atomic E-state index is 12.9. The molecule has 1 aliphatic carbocycles. The average molecular weight is 388 g/mol. The van der Waals surface area contributed by atoms with Gasteiger partial charge in [0, 0.05) is 18.2 Å². The fraction of sp³-hybridized carbons (Fsp3) is 0.450. The van der Waals surface area contributed by atoms with Crippen LogP contribution in [0.1, 0.15) is 46.6 Å². The highest BCUT2D eigenvalue weighted by atomic mass is 16.5. The van der Waals surface area contributed by atoms with E-state index >= 15 is 0 Å². The van der Waals surface area contributed by atoms with Gasteiger partial charge in [0.2, 0.25) is 0 Å². The minimum atomic E-state index is -0.917. The number of methoxy groups -OCH3 is 1. The number of carboxylic acids is 1. The van der Waals surface area contributed by atoms with Crippen LogP contribution in [0.25, 0.3) is 0 Å². The van der Waals surface area contributed by atoms with Crippen LogP contribution in [0.15, 0.2) is 22.7 Å². The second-order valence-corrected chi connectivity index (χ2v) is 6.83. The van der Waals surface area contributed by atoms with E-state index in [1.807, 2.05) is 13.8 Å².